The zero-order valence-electron chi connectivity index (χ0n) is 12.3. The van der Waals surface area contributed by atoms with Crippen LogP contribution in [0, 0.1) is 0 Å². The number of hydrogen-bond donors (Lipinski definition) is 0. The molecule has 0 fully saturated rings. The second-order valence-electron chi connectivity index (χ2n) is 4.21. The summed E-state index contributed by atoms with van der Waals surface area (Å²) in [7, 11) is 1.58. The molecule has 0 atom stereocenters. The summed E-state index contributed by atoms with van der Waals surface area (Å²) in [5.41, 5.74) is 0.575. The summed E-state index contributed by atoms with van der Waals surface area (Å²) in [6.07, 6.45) is 0. The van der Waals surface area contributed by atoms with Gasteiger partial charge in [0.1, 0.15) is 5.75 Å². The zero-order chi connectivity index (χ0) is 15.2. The average Bonchev–Trinajstić information content (AvgIpc) is 2.98. The molecule has 0 spiro atoms. The molecule has 0 aliphatic carbocycles. The van der Waals surface area contributed by atoms with Crippen molar-refractivity contribution in [3.8, 4) is 17.2 Å². The summed E-state index contributed by atoms with van der Waals surface area (Å²) in [5, 5.41) is 1.81. The van der Waals surface area contributed by atoms with Crippen LogP contribution in [0.3, 0.4) is 0 Å². The van der Waals surface area contributed by atoms with E-state index in [1.807, 2.05) is 19.2 Å². The Balaban J connectivity index is 2.30. The molecular weight excluding hydrogens is 288 g/mol. The summed E-state index contributed by atoms with van der Waals surface area (Å²) < 4.78 is 16.1. The maximum atomic E-state index is 12.5. The fourth-order valence-corrected chi connectivity index (χ4v) is 2.70. The van der Waals surface area contributed by atoms with Crippen LogP contribution in [0.1, 0.15) is 29.1 Å². The van der Waals surface area contributed by atoms with Gasteiger partial charge in [-0.05, 0) is 32.0 Å². The van der Waals surface area contributed by atoms with Crippen molar-refractivity contribution in [2.75, 3.05) is 20.3 Å². The summed E-state index contributed by atoms with van der Waals surface area (Å²) >= 11 is 1.36. The standard InChI is InChI=1S/C16H18O4S/c1-4-19-13-7-6-11(8-14(13)20-5-2)16(17)15-9-12(18-3)10-21-15/h6-10H,4-5H2,1-3H3. The van der Waals surface area contributed by atoms with Crippen LogP contribution in [-0.2, 0) is 0 Å². The zero-order valence-corrected chi connectivity index (χ0v) is 13.2. The van der Waals surface area contributed by atoms with Gasteiger partial charge in [-0.15, -0.1) is 11.3 Å². The van der Waals surface area contributed by atoms with Gasteiger partial charge in [0, 0.05) is 17.0 Å². The molecule has 0 unspecified atom stereocenters. The van der Waals surface area contributed by atoms with Gasteiger partial charge >= 0.3 is 0 Å². The lowest BCUT2D eigenvalue weighted by molar-refractivity contribution is 0.104. The monoisotopic (exact) mass is 306 g/mol. The van der Waals surface area contributed by atoms with Crippen molar-refractivity contribution in [1.82, 2.24) is 0 Å². The van der Waals surface area contributed by atoms with Gasteiger partial charge in [-0.3, -0.25) is 4.79 Å². The van der Waals surface area contributed by atoms with Crippen LogP contribution in [-0.4, -0.2) is 26.1 Å². The molecule has 1 aromatic heterocycles. The van der Waals surface area contributed by atoms with Crippen LogP contribution in [0.5, 0.6) is 17.2 Å². The third-order valence-electron chi connectivity index (χ3n) is 2.84. The third-order valence-corrected chi connectivity index (χ3v) is 3.75. The first-order valence-corrected chi connectivity index (χ1v) is 7.64. The molecule has 5 heteroatoms. The molecule has 0 aliphatic heterocycles. The van der Waals surface area contributed by atoms with Crippen LogP contribution < -0.4 is 14.2 Å². The Morgan fingerprint density at radius 3 is 2.43 bits per heavy atom. The van der Waals surface area contributed by atoms with Crippen molar-refractivity contribution in [1.29, 1.82) is 0 Å². The molecule has 0 N–H and O–H groups in total. The molecule has 4 nitrogen and oxygen atoms in total. The van der Waals surface area contributed by atoms with Crippen LogP contribution >= 0.6 is 11.3 Å². The van der Waals surface area contributed by atoms with Gasteiger partial charge in [-0.25, -0.2) is 0 Å². The van der Waals surface area contributed by atoms with Gasteiger partial charge in [0.15, 0.2) is 11.5 Å². The molecule has 21 heavy (non-hydrogen) atoms. The number of methoxy groups -OCH3 is 1. The highest BCUT2D eigenvalue weighted by molar-refractivity contribution is 7.12. The minimum absolute atomic E-state index is 0.0488. The minimum Gasteiger partial charge on any atom is -0.496 e. The van der Waals surface area contributed by atoms with E-state index in [1.165, 1.54) is 11.3 Å². The average molecular weight is 306 g/mol. The quantitative estimate of drug-likeness (QED) is 0.730. The number of rotatable bonds is 7. The molecule has 0 bridgehead atoms. The minimum atomic E-state index is -0.0488. The molecule has 2 rings (SSSR count). The van der Waals surface area contributed by atoms with Crippen molar-refractivity contribution in [2.24, 2.45) is 0 Å². The van der Waals surface area contributed by atoms with E-state index in [4.69, 9.17) is 14.2 Å². The molecule has 1 heterocycles. The largest absolute Gasteiger partial charge is 0.496 e. The van der Waals surface area contributed by atoms with Crippen LogP contribution in [0.25, 0.3) is 0 Å². The van der Waals surface area contributed by atoms with E-state index >= 15 is 0 Å². The van der Waals surface area contributed by atoms with Gasteiger partial charge < -0.3 is 14.2 Å². The lowest BCUT2D eigenvalue weighted by Crippen LogP contribution is -2.03. The first-order chi connectivity index (χ1) is 10.2. The van der Waals surface area contributed by atoms with E-state index < -0.39 is 0 Å². The SMILES string of the molecule is CCOc1ccc(C(=O)c2cc(OC)cs2)cc1OCC. The molecule has 2 aromatic rings. The van der Waals surface area contributed by atoms with Gasteiger partial charge in [-0.2, -0.15) is 0 Å². The summed E-state index contributed by atoms with van der Waals surface area (Å²) in [6.45, 7) is 4.88. The van der Waals surface area contributed by atoms with E-state index in [-0.39, 0.29) is 5.78 Å². The Hall–Kier alpha value is -2.01. The molecule has 112 valence electrons. The Bertz CT molecular complexity index is 618. The van der Waals surface area contributed by atoms with E-state index in [0.717, 1.165) is 0 Å². The van der Waals surface area contributed by atoms with Gasteiger partial charge in [0.25, 0.3) is 0 Å². The third kappa shape index (κ3) is 3.55. The van der Waals surface area contributed by atoms with E-state index in [2.05, 4.69) is 0 Å². The van der Waals surface area contributed by atoms with E-state index in [0.29, 0.717) is 40.9 Å². The van der Waals surface area contributed by atoms with Gasteiger partial charge in [0.05, 0.1) is 25.2 Å². The predicted octanol–water partition coefficient (Wildman–Crippen LogP) is 3.79. The Kier molecular flexibility index (Phi) is 5.22. The number of carbonyl (C=O) groups is 1. The molecule has 0 saturated heterocycles. The van der Waals surface area contributed by atoms with Crippen molar-refractivity contribution in [3.05, 3.63) is 40.1 Å². The molecule has 1 aromatic carbocycles. The molecule has 0 amide bonds. The van der Waals surface area contributed by atoms with Crippen molar-refractivity contribution < 1.29 is 19.0 Å². The summed E-state index contributed by atoms with van der Waals surface area (Å²) in [6, 6.07) is 6.99. The van der Waals surface area contributed by atoms with E-state index in [1.54, 1.807) is 31.4 Å². The maximum Gasteiger partial charge on any atom is 0.203 e. The highest BCUT2D eigenvalue weighted by Gasteiger charge is 2.15. The Morgan fingerprint density at radius 1 is 1.10 bits per heavy atom. The van der Waals surface area contributed by atoms with Crippen molar-refractivity contribution >= 4 is 17.1 Å². The maximum absolute atomic E-state index is 12.5. The highest BCUT2D eigenvalue weighted by Crippen LogP contribution is 2.31. The van der Waals surface area contributed by atoms with Crippen LogP contribution in [0.15, 0.2) is 29.6 Å². The predicted molar refractivity (Wildman–Crippen MR) is 83.1 cm³/mol. The number of hydrogen-bond acceptors (Lipinski definition) is 5. The van der Waals surface area contributed by atoms with Gasteiger partial charge in [-0.1, -0.05) is 0 Å². The smallest absolute Gasteiger partial charge is 0.203 e. The second-order valence-corrected chi connectivity index (χ2v) is 5.12. The molecule has 0 saturated carbocycles. The molecular formula is C16H18O4S. The number of carbonyl (C=O) groups excluding carboxylic acids is 1. The molecule has 0 aliphatic rings. The number of ether oxygens (including phenoxy) is 3. The number of benzene rings is 1. The Morgan fingerprint density at radius 2 is 1.81 bits per heavy atom. The van der Waals surface area contributed by atoms with Crippen LogP contribution in [0.4, 0.5) is 0 Å². The topological polar surface area (TPSA) is 44.8 Å². The molecule has 0 radical (unpaired) electrons. The Labute approximate surface area is 128 Å². The summed E-state index contributed by atoms with van der Waals surface area (Å²) in [4.78, 5) is 13.1. The fourth-order valence-electron chi connectivity index (χ4n) is 1.88. The first kappa shape index (κ1) is 15.4. The van der Waals surface area contributed by atoms with Crippen LogP contribution in [0.2, 0.25) is 0 Å². The lowest BCUT2D eigenvalue weighted by atomic mass is 10.1. The summed E-state index contributed by atoms with van der Waals surface area (Å²) in [5.74, 6) is 1.89. The van der Waals surface area contributed by atoms with E-state index in [9.17, 15) is 4.79 Å². The van der Waals surface area contributed by atoms with Gasteiger partial charge in [0.2, 0.25) is 5.78 Å². The highest BCUT2D eigenvalue weighted by atomic mass is 32.1. The second kappa shape index (κ2) is 7.13. The number of thiophene rings is 1. The number of ketones is 1. The lowest BCUT2D eigenvalue weighted by Gasteiger charge is -2.11. The fraction of sp³-hybridized carbons (Fsp3) is 0.312. The normalized spacial score (nSPS) is 10.2. The van der Waals surface area contributed by atoms with Crippen molar-refractivity contribution in [3.63, 3.8) is 0 Å². The first-order valence-electron chi connectivity index (χ1n) is 6.76. The van der Waals surface area contributed by atoms with Crippen molar-refractivity contribution in [2.45, 2.75) is 13.8 Å².